The second-order valence-corrected chi connectivity index (χ2v) is 9.67. The number of alkyl halides is 3. The summed E-state index contributed by atoms with van der Waals surface area (Å²) in [7, 11) is 2.88. The minimum absolute atomic E-state index is 0.0724. The van der Waals surface area contributed by atoms with Gasteiger partial charge in [-0.2, -0.15) is 18.2 Å². The van der Waals surface area contributed by atoms with Crippen LogP contribution < -0.4 is 9.47 Å². The Balaban J connectivity index is 1.27. The average molecular weight is 542 g/mol. The van der Waals surface area contributed by atoms with Gasteiger partial charge >= 0.3 is 6.18 Å². The predicted molar refractivity (Wildman–Crippen MR) is 129 cm³/mol. The molecule has 4 heterocycles. The first-order valence-corrected chi connectivity index (χ1v) is 12.4. The molecular formula is C26H23F4N7O2. The molecule has 39 heavy (non-hydrogen) atoms. The quantitative estimate of drug-likeness (QED) is 0.280. The third kappa shape index (κ3) is 5.12. The monoisotopic (exact) mass is 541 g/mol. The number of aromatic nitrogens is 7. The fourth-order valence-corrected chi connectivity index (χ4v) is 4.33. The number of methoxy groups -OCH3 is 1. The van der Waals surface area contributed by atoms with E-state index in [1.54, 1.807) is 6.07 Å². The smallest absolute Gasteiger partial charge is 0.434 e. The summed E-state index contributed by atoms with van der Waals surface area (Å²) in [5.41, 5.74) is 1.27. The third-order valence-electron chi connectivity index (χ3n) is 6.60. The zero-order valence-corrected chi connectivity index (χ0v) is 21.0. The number of imidazole rings is 1. The largest absolute Gasteiger partial charge is 0.480 e. The van der Waals surface area contributed by atoms with E-state index in [1.165, 1.54) is 26.7 Å². The Morgan fingerprint density at radius 3 is 2.41 bits per heavy atom. The molecule has 0 spiro atoms. The number of rotatable bonds is 8. The highest BCUT2D eigenvalue weighted by Crippen LogP contribution is 2.46. The predicted octanol–water partition coefficient (Wildman–Crippen LogP) is 5.23. The summed E-state index contributed by atoms with van der Waals surface area (Å²) < 4.78 is 66.5. The van der Waals surface area contributed by atoms with Crippen molar-refractivity contribution < 1.29 is 27.0 Å². The Hall–Kier alpha value is -4.16. The fourth-order valence-electron chi connectivity index (χ4n) is 4.33. The molecule has 0 aliphatic heterocycles. The van der Waals surface area contributed by atoms with Crippen molar-refractivity contribution in [2.75, 3.05) is 7.11 Å². The van der Waals surface area contributed by atoms with Gasteiger partial charge in [0.1, 0.15) is 24.2 Å². The molecule has 0 N–H and O–H groups in total. The molecule has 0 saturated heterocycles. The zero-order chi connectivity index (χ0) is 27.3. The maximum atomic E-state index is 14.9. The standard InChI is InChI=1S/C26H23F4N7O2/c1-37-10-18(26(28,29)30)35-24(37)22-16(27)7-13(9-31-22)11-39-19-8-17(14-3-4-14)34-23(36-19)20-21(15-5-6-15)32-12-33-25(20)38-2/h7-10,12,14-15H,3-6,11H2,1-2H3. The molecule has 6 rings (SSSR count). The van der Waals surface area contributed by atoms with Crippen LogP contribution in [0.5, 0.6) is 11.8 Å². The van der Waals surface area contributed by atoms with Gasteiger partial charge < -0.3 is 14.0 Å². The van der Waals surface area contributed by atoms with Crippen molar-refractivity contribution in [3.8, 4) is 34.7 Å². The van der Waals surface area contributed by atoms with Gasteiger partial charge in [-0.3, -0.25) is 0 Å². The molecule has 4 aromatic rings. The van der Waals surface area contributed by atoms with Crippen molar-refractivity contribution in [3.05, 3.63) is 59.3 Å². The van der Waals surface area contributed by atoms with E-state index >= 15 is 0 Å². The lowest BCUT2D eigenvalue weighted by Gasteiger charge is -2.13. The van der Waals surface area contributed by atoms with Crippen molar-refractivity contribution in [1.29, 1.82) is 0 Å². The maximum Gasteiger partial charge on any atom is 0.434 e. The topological polar surface area (TPSA) is 101 Å². The summed E-state index contributed by atoms with van der Waals surface area (Å²) in [4.78, 5) is 25.6. The highest BCUT2D eigenvalue weighted by molar-refractivity contribution is 5.66. The molecular weight excluding hydrogens is 518 g/mol. The van der Waals surface area contributed by atoms with Crippen molar-refractivity contribution >= 4 is 0 Å². The van der Waals surface area contributed by atoms with Crippen LogP contribution >= 0.6 is 0 Å². The average Bonchev–Trinajstić information content (AvgIpc) is 3.84. The number of hydrogen-bond acceptors (Lipinski definition) is 8. The minimum Gasteiger partial charge on any atom is -0.480 e. The van der Waals surface area contributed by atoms with Crippen LogP contribution in [0, 0.1) is 5.82 Å². The van der Waals surface area contributed by atoms with Gasteiger partial charge in [-0.1, -0.05) is 0 Å². The molecule has 2 aliphatic rings. The number of hydrogen-bond donors (Lipinski definition) is 0. The Labute approximate surface area is 220 Å². The van der Waals surface area contributed by atoms with E-state index in [0.29, 0.717) is 34.7 Å². The van der Waals surface area contributed by atoms with Gasteiger partial charge in [-0.05, 0) is 31.7 Å². The summed E-state index contributed by atoms with van der Waals surface area (Å²) >= 11 is 0. The van der Waals surface area contributed by atoms with Gasteiger partial charge in [0.15, 0.2) is 23.2 Å². The second-order valence-electron chi connectivity index (χ2n) is 9.67. The maximum absolute atomic E-state index is 14.9. The van der Waals surface area contributed by atoms with Gasteiger partial charge in [0.2, 0.25) is 11.8 Å². The summed E-state index contributed by atoms with van der Waals surface area (Å²) in [6.45, 7) is -0.0724. The van der Waals surface area contributed by atoms with Crippen molar-refractivity contribution in [1.82, 2.24) is 34.5 Å². The van der Waals surface area contributed by atoms with Crippen LogP contribution in [0.2, 0.25) is 0 Å². The number of halogens is 4. The minimum atomic E-state index is -4.65. The second kappa shape index (κ2) is 9.54. The first-order valence-electron chi connectivity index (χ1n) is 12.4. The Bertz CT molecular complexity index is 1550. The highest BCUT2D eigenvalue weighted by Gasteiger charge is 2.35. The van der Waals surface area contributed by atoms with Crippen LogP contribution in [0.1, 0.15) is 60.2 Å². The lowest BCUT2D eigenvalue weighted by Crippen LogP contribution is -2.06. The van der Waals surface area contributed by atoms with Gasteiger partial charge in [0, 0.05) is 42.9 Å². The summed E-state index contributed by atoms with van der Waals surface area (Å²) in [6.07, 6.45) is 3.00. The number of nitrogens with zero attached hydrogens (tertiary/aromatic N) is 7. The molecule has 13 heteroatoms. The van der Waals surface area contributed by atoms with E-state index in [0.717, 1.165) is 53.9 Å². The molecule has 0 bridgehead atoms. The third-order valence-corrected chi connectivity index (χ3v) is 6.60. The van der Waals surface area contributed by atoms with E-state index in [9.17, 15) is 17.6 Å². The van der Waals surface area contributed by atoms with Crippen LogP contribution in [0.15, 0.2) is 30.9 Å². The molecule has 9 nitrogen and oxygen atoms in total. The molecule has 0 amide bonds. The molecule has 0 aromatic carbocycles. The molecule has 2 saturated carbocycles. The van der Waals surface area contributed by atoms with Gasteiger partial charge in [0.25, 0.3) is 0 Å². The SMILES string of the molecule is COc1ncnc(C2CC2)c1-c1nc(OCc2cnc(-c3nc(C(F)(F)F)cn3C)c(F)c2)cc(C2CC2)n1. The van der Waals surface area contributed by atoms with E-state index < -0.39 is 17.7 Å². The Morgan fingerprint density at radius 1 is 1.00 bits per heavy atom. The van der Waals surface area contributed by atoms with Crippen molar-refractivity contribution in [2.45, 2.75) is 50.3 Å². The molecule has 202 valence electrons. The Kier molecular flexibility index (Phi) is 6.15. The van der Waals surface area contributed by atoms with Crippen molar-refractivity contribution in [3.63, 3.8) is 0 Å². The van der Waals surface area contributed by atoms with Crippen molar-refractivity contribution in [2.24, 2.45) is 7.05 Å². The van der Waals surface area contributed by atoms with E-state index in [-0.39, 0.29) is 24.0 Å². The lowest BCUT2D eigenvalue weighted by molar-refractivity contribution is -0.140. The van der Waals surface area contributed by atoms with Crippen LogP contribution in [-0.2, 0) is 19.8 Å². The molecule has 2 fully saturated rings. The van der Waals surface area contributed by atoms with E-state index in [4.69, 9.17) is 14.5 Å². The molecule has 0 radical (unpaired) electrons. The van der Waals surface area contributed by atoms with Crippen LogP contribution in [0.4, 0.5) is 17.6 Å². The number of aryl methyl sites for hydroxylation is 1. The summed E-state index contributed by atoms with van der Waals surface area (Å²) in [5.74, 6) is 0.630. The molecule has 0 unspecified atom stereocenters. The van der Waals surface area contributed by atoms with Crippen LogP contribution in [0.25, 0.3) is 22.9 Å². The van der Waals surface area contributed by atoms with Gasteiger partial charge in [-0.25, -0.2) is 29.3 Å². The summed E-state index contributed by atoms with van der Waals surface area (Å²) in [5, 5.41) is 0. The number of pyridine rings is 1. The zero-order valence-electron chi connectivity index (χ0n) is 21.0. The lowest BCUT2D eigenvalue weighted by atomic mass is 10.1. The van der Waals surface area contributed by atoms with E-state index in [1.807, 2.05) is 0 Å². The Morgan fingerprint density at radius 2 is 1.77 bits per heavy atom. The number of ether oxygens (including phenoxy) is 2. The first-order chi connectivity index (χ1) is 18.7. The van der Waals surface area contributed by atoms with Gasteiger partial charge in [0.05, 0.1) is 18.5 Å². The normalized spacial score (nSPS) is 15.4. The van der Waals surface area contributed by atoms with Crippen LogP contribution in [-0.4, -0.2) is 41.6 Å². The first kappa shape index (κ1) is 25.1. The van der Waals surface area contributed by atoms with Gasteiger partial charge in [-0.15, -0.1) is 0 Å². The molecule has 4 aromatic heterocycles. The highest BCUT2D eigenvalue weighted by atomic mass is 19.4. The summed E-state index contributed by atoms with van der Waals surface area (Å²) in [6, 6.07) is 2.92. The molecule has 0 atom stereocenters. The fraction of sp³-hybridized carbons (Fsp3) is 0.385. The molecule has 2 aliphatic carbocycles. The van der Waals surface area contributed by atoms with Crippen LogP contribution in [0.3, 0.4) is 0 Å². The van der Waals surface area contributed by atoms with E-state index in [2.05, 4.69) is 24.9 Å².